The van der Waals surface area contributed by atoms with Gasteiger partial charge in [0.05, 0.1) is 0 Å². The summed E-state index contributed by atoms with van der Waals surface area (Å²) in [6.45, 7) is 9.64. The van der Waals surface area contributed by atoms with Crippen molar-refractivity contribution in [3.8, 4) is 0 Å². The van der Waals surface area contributed by atoms with E-state index in [0.717, 1.165) is 36.7 Å². The van der Waals surface area contributed by atoms with Crippen LogP contribution in [0.1, 0.15) is 47.7 Å². The van der Waals surface area contributed by atoms with Crippen molar-refractivity contribution >= 4 is 5.78 Å². The van der Waals surface area contributed by atoms with E-state index in [9.17, 15) is 4.79 Å². The lowest BCUT2D eigenvalue weighted by Gasteiger charge is -2.29. The maximum atomic E-state index is 12.3. The molecule has 0 unspecified atom stereocenters. The first kappa shape index (κ1) is 14.3. The Bertz CT molecular complexity index is 445. The summed E-state index contributed by atoms with van der Waals surface area (Å²) in [7, 11) is 0. The van der Waals surface area contributed by atoms with Gasteiger partial charge in [0.15, 0.2) is 5.78 Å². The van der Waals surface area contributed by atoms with Crippen LogP contribution in [0.25, 0.3) is 0 Å². The van der Waals surface area contributed by atoms with Crippen molar-refractivity contribution in [3.63, 3.8) is 0 Å². The van der Waals surface area contributed by atoms with Crippen molar-refractivity contribution in [3.05, 3.63) is 34.9 Å². The highest BCUT2D eigenvalue weighted by Gasteiger charge is 2.17. The number of piperidine rings is 1. The van der Waals surface area contributed by atoms with Crippen molar-refractivity contribution in [1.29, 1.82) is 0 Å². The second kappa shape index (κ2) is 6.33. The quantitative estimate of drug-likeness (QED) is 0.770. The smallest absolute Gasteiger partial charge is 0.164 e. The Morgan fingerprint density at radius 2 is 1.95 bits per heavy atom. The number of aryl methyl sites for hydroxylation is 2. The lowest BCUT2D eigenvalue weighted by Crippen LogP contribution is -2.34. The summed E-state index contributed by atoms with van der Waals surface area (Å²) in [4.78, 5) is 14.7. The molecule has 0 amide bonds. The zero-order chi connectivity index (χ0) is 13.8. The minimum atomic E-state index is 0.288. The molecule has 1 heterocycles. The summed E-state index contributed by atoms with van der Waals surface area (Å²) in [5, 5.41) is 0. The predicted octanol–water partition coefficient (Wildman–Crippen LogP) is 3.61. The summed E-state index contributed by atoms with van der Waals surface area (Å²) in [6.07, 6.45) is 3.20. The van der Waals surface area contributed by atoms with Gasteiger partial charge in [-0.3, -0.25) is 4.79 Å². The zero-order valence-electron chi connectivity index (χ0n) is 12.4. The van der Waals surface area contributed by atoms with Crippen LogP contribution in [0.2, 0.25) is 0 Å². The van der Waals surface area contributed by atoms with Crippen LogP contribution in [-0.2, 0) is 0 Å². The van der Waals surface area contributed by atoms with Gasteiger partial charge in [0.25, 0.3) is 0 Å². The Kier molecular flexibility index (Phi) is 4.76. The summed E-state index contributed by atoms with van der Waals surface area (Å²) in [5.74, 6) is 1.14. The maximum absolute atomic E-state index is 12.3. The Morgan fingerprint density at radius 3 is 2.58 bits per heavy atom. The average Bonchev–Trinajstić information content (AvgIpc) is 2.37. The lowest BCUT2D eigenvalue weighted by atomic mass is 9.98. The molecular weight excluding hydrogens is 234 g/mol. The molecule has 0 N–H and O–H groups in total. The Balaban J connectivity index is 1.87. The predicted molar refractivity (Wildman–Crippen MR) is 79.7 cm³/mol. The third-order valence-electron chi connectivity index (χ3n) is 4.21. The summed E-state index contributed by atoms with van der Waals surface area (Å²) < 4.78 is 0. The van der Waals surface area contributed by atoms with Crippen LogP contribution < -0.4 is 0 Å². The third kappa shape index (κ3) is 3.90. The van der Waals surface area contributed by atoms with Crippen molar-refractivity contribution in [1.82, 2.24) is 4.90 Å². The first-order valence-corrected chi connectivity index (χ1v) is 7.39. The van der Waals surface area contributed by atoms with E-state index in [1.54, 1.807) is 0 Å². The van der Waals surface area contributed by atoms with Crippen LogP contribution in [0.4, 0.5) is 0 Å². The molecule has 0 bridgehead atoms. The minimum absolute atomic E-state index is 0.288. The van der Waals surface area contributed by atoms with Gasteiger partial charge >= 0.3 is 0 Å². The molecule has 0 aromatic heterocycles. The fourth-order valence-electron chi connectivity index (χ4n) is 2.81. The number of carbonyl (C=O) groups is 1. The molecular formula is C17H25NO. The normalized spacial score (nSPS) is 17.6. The largest absolute Gasteiger partial charge is 0.303 e. The van der Waals surface area contributed by atoms with Crippen LogP contribution >= 0.6 is 0 Å². The topological polar surface area (TPSA) is 20.3 Å². The van der Waals surface area contributed by atoms with Gasteiger partial charge in [0.2, 0.25) is 0 Å². The Labute approximate surface area is 116 Å². The summed E-state index contributed by atoms with van der Waals surface area (Å²) in [6, 6.07) is 6.10. The number of likely N-dealkylation sites (tertiary alicyclic amines) is 1. The van der Waals surface area contributed by atoms with E-state index in [1.165, 1.54) is 18.4 Å². The van der Waals surface area contributed by atoms with Crippen molar-refractivity contribution < 1.29 is 4.79 Å². The van der Waals surface area contributed by atoms with Gasteiger partial charge in [0, 0.05) is 18.5 Å². The van der Waals surface area contributed by atoms with E-state index < -0.39 is 0 Å². The standard InChI is InChI=1S/C17H25NO/c1-13-6-9-18(10-7-13)11-8-17(19)16-5-4-14(2)12-15(16)3/h4-5,12-13H,6-11H2,1-3H3. The molecule has 0 radical (unpaired) electrons. The van der Waals surface area contributed by atoms with Gasteiger partial charge in [-0.25, -0.2) is 0 Å². The minimum Gasteiger partial charge on any atom is -0.303 e. The highest BCUT2D eigenvalue weighted by atomic mass is 16.1. The fourth-order valence-corrected chi connectivity index (χ4v) is 2.81. The molecule has 1 aromatic carbocycles. The molecule has 2 nitrogen and oxygen atoms in total. The molecule has 0 saturated carbocycles. The van der Waals surface area contributed by atoms with E-state index in [-0.39, 0.29) is 5.78 Å². The molecule has 1 fully saturated rings. The van der Waals surface area contributed by atoms with Crippen molar-refractivity contribution in [2.45, 2.75) is 40.0 Å². The molecule has 19 heavy (non-hydrogen) atoms. The van der Waals surface area contributed by atoms with Gasteiger partial charge in [-0.15, -0.1) is 0 Å². The van der Waals surface area contributed by atoms with E-state index >= 15 is 0 Å². The molecule has 104 valence electrons. The number of Topliss-reactive ketones (excluding diaryl/α,β-unsaturated/α-hetero) is 1. The summed E-state index contributed by atoms with van der Waals surface area (Å²) in [5.41, 5.74) is 3.23. The zero-order valence-corrected chi connectivity index (χ0v) is 12.4. The molecule has 0 spiro atoms. The highest BCUT2D eigenvalue weighted by molar-refractivity contribution is 5.97. The van der Waals surface area contributed by atoms with Crippen molar-refractivity contribution in [2.24, 2.45) is 5.92 Å². The fraction of sp³-hybridized carbons (Fsp3) is 0.588. The second-order valence-electron chi connectivity index (χ2n) is 6.02. The highest BCUT2D eigenvalue weighted by Crippen LogP contribution is 2.17. The average molecular weight is 259 g/mol. The number of nitrogens with zero attached hydrogens (tertiary/aromatic N) is 1. The van der Waals surface area contributed by atoms with E-state index in [0.29, 0.717) is 6.42 Å². The monoisotopic (exact) mass is 259 g/mol. The molecule has 1 aromatic rings. The van der Waals surface area contributed by atoms with Crippen molar-refractivity contribution in [2.75, 3.05) is 19.6 Å². The molecule has 1 saturated heterocycles. The number of benzene rings is 1. The van der Waals surface area contributed by atoms with Gasteiger partial charge < -0.3 is 4.90 Å². The van der Waals surface area contributed by atoms with Gasteiger partial charge in [-0.1, -0.05) is 30.7 Å². The molecule has 0 atom stereocenters. The first-order valence-electron chi connectivity index (χ1n) is 7.39. The van der Waals surface area contributed by atoms with E-state index in [1.807, 2.05) is 19.1 Å². The Hall–Kier alpha value is -1.15. The van der Waals surface area contributed by atoms with Crippen LogP contribution in [-0.4, -0.2) is 30.3 Å². The molecule has 2 rings (SSSR count). The number of ketones is 1. The van der Waals surface area contributed by atoms with Gasteiger partial charge in [0.1, 0.15) is 0 Å². The molecule has 0 aliphatic carbocycles. The molecule has 2 heteroatoms. The number of hydrogen-bond donors (Lipinski definition) is 0. The second-order valence-corrected chi connectivity index (χ2v) is 6.02. The number of carbonyl (C=O) groups excluding carboxylic acids is 1. The van der Waals surface area contributed by atoms with E-state index in [2.05, 4.69) is 24.8 Å². The Morgan fingerprint density at radius 1 is 1.26 bits per heavy atom. The van der Waals surface area contributed by atoms with E-state index in [4.69, 9.17) is 0 Å². The number of rotatable bonds is 4. The summed E-state index contributed by atoms with van der Waals surface area (Å²) >= 11 is 0. The van der Waals surface area contributed by atoms with Crippen LogP contribution in [0.15, 0.2) is 18.2 Å². The lowest BCUT2D eigenvalue weighted by molar-refractivity contribution is 0.0952. The number of hydrogen-bond acceptors (Lipinski definition) is 2. The van der Waals surface area contributed by atoms with Crippen LogP contribution in [0, 0.1) is 19.8 Å². The van der Waals surface area contributed by atoms with Crippen LogP contribution in [0.3, 0.4) is 0 Å². The van der Waals surface area contributed by atoms with Gasteiger partial charge in [-0.2, -0.15) is 0 Å². The molecule has 1 aliphatic heterocycles. The SMILES string of the molecule is Cc1ccc(C(=O)CCN2CCC(C)CC2)c(C)c1. The van der Waals surface area contributed by atoms with Gasteiger partial charge in [-0.05, 0) is 51.3 Å². The molecule has 1 aliphatic rings. The maximum Gasteiger partial charge on any atom is 0.164 e. The van der Waals surface area contributed by atoms with Crippen LogP contribution in [0.5, 0.6) is 0 Å². The first-order chi connectivity index (χ1) is 9.06. The third-order valence-corrected chi connectivity index (χ3v) is 4.21.